The van der Waals surface area contributed by atoms with Crippen LogP contribution in [0.2, 0.25) is 0 Å². The van der Waals surface area contributed by atoms with Gasteiger partial charge in [-0.05, 0) is 51.0 Å². The van der Waals surface area contributed by atoms with Crippen LogP contribution in [0.4, 0.5) is 6.01 Å². The molecule has 0 radical (unpaired) electrons. The predicted molar refractivity (Wildman–Crippen MR) is 126 cm³/mol. The van der Waals surface area contributed by atoms with E-state index in [2.05, 4.69) is 46.1 Å². The first-order valence-electron chi connectivity index (χ1n) is 11.9. The number of piperidine rings is 1. The molecule has 3 rings (SSSR count). The highest BCUT2D eigenvalue weighted by atomic mass is 16.5. The molecule has 2 aromatic rings. The van der Waals surface area contributed by atoms with Gasteiger partial charge in [-0.15, -0.1) is 0 Å². The number of rotatable bonds is 10. The number of amides is 1. The zero-order valence-corrected chi connectivity index (χ0v) is 20.4. The minimum absolute atomic E-state index is 0.105. The van der Waals surface area contributed by atoms with E-state index < -0.39 is 0 Å². The van der Waals surface area contributed by atoms with Crippen molar-refractivity contribution >= 4 is 11.9 Å². The largest absolute Gasteiger partial charge is 0.478 e. The first-order chi connectivity index (χ1) is 15.8. The Morgan fingerprint density at radius 3 is 2.58 bits per heavy atom. The molecule has 182 valence electrons. The molecule has 9 nitrogen and oxygen atoms in total. The molecule has 1 unspecified atom stereocenters. The van der Waals surface area contributed by atoms with Gasteiger partial charge in [-0.25, -0.2) is 4.98 Å². The molecule has 0 bridgehead atoms. The number of carbonyl (C=O) groups excluding carboxylic acids is 1. The molecule has 0 aromatic carbocycles. The zero-order chi connectivity index (χ0) is 24.0. The van der Waals surface area contributed by atoms with E-state index in [1.54, 1.807) is 26.0 Å². The van der Waals surface area contributed by atoms with Crippen LogP contribution in [0.3, 0.4) is 0 Å². The summed E-state index contributed by atoms with van der Waals surface area (Å²) in [6.07, 6.45) is 3.13. The van der Waals surface area contributed by atoms with Gasteiger partial charge in [-0.3, -0.25) is 4.79 Å². The summed E-state index contributed by atoms with van der Waals surface area (Å²) in [5.74, 6) is 2.47. The molecule has 0 spiro atoms. The number of nitrogens with one attached hydrogen (secondary N) is 1. The molecule has 1 fully saturated rings. The van der Waals surface area contributed by atoms with Crippen LogP contribution in [-0.4, -0.2) is 58.5 Å². The fourth-order valence-electron chi connectivity index (χ4n) is 4.04. The molecular formula is C24H37N5O4. The van der Waals surface area contributed by atoms with E-state index in [0.29, 0.717) is 41.6 Å². The van der Waals surface area contributed by atoms with Gasteiger partial charge in [0.2, 0.25) is 5.88 Å². The SMILES string of the molecule is Cc1nc(OCCC(C)C2CCN(c3nc(C(C)C)no3)CC2)ccc1C(=O)N[C@H](C)CO. The lowest BCUT2D eigenvalue weighted by molar-refractivity contribution is 0.0921. The number of anilines is 1. The van der Waals surface area contributed by atoms with Crippen molar-refractivity contribution in [1.29, 1.82) is 0 Å². The Bertz CT molecular complexity index is 908. The molecule has 1 amide bonds. The molecule has 0 aliphatic carbocycles. The Balaban J connectivity index is 1.42. The van der Waals surface area contributed by atoms with Crippen LogP contribution in [0, 0.1) is 18.8 Å². The minimum Gasteiger partial charge on any atom is -0.478 e. The molecule has 1 aliphatic heterocycles. The third-order valence-corrected chi connectivity index (χ3v) is 6.34. The lowest BCUT2D eigenvalue weighted by Crippen LogP contribution is -2.36. The number of ether oxygens (including phenoxy) is 1. The molecule has 2 aromatic heterocycles. The van der Waals surface area contributed by atoms with Crippen molar-refractivity contribution in [2.45, 2.75) is 65.8 Å². The summed E-state index contributed by atoms with van der Waals surface area (Å²) in [6, 6.07) is 3.78. The second-order valence-corrected chi connectivity index (χ2v) is 9.37. The number of hydrogen-bond donors (Lipinski definition) is 2. The number of pyridine rings is 1. The maximum Gasteiger partial charge on any atom is 0.324 e. The highest BCUT2D eigenvalue weighted by molar-refractivity contribution is 5.95. The molecular weight excluding hydrogens is 422 g/mol. The Hall–Kier alpha value is -2.68. The Labute approximate surface area is 195 Å². The summed E-state index contributed by atoms with van der Waals surface area (Å²) in [7, 11) is 0. The molecule has 2 N–H and O–H groups in total. The summed E-state index contributed by atoms with van der Waals surface area (Å²) >= 11 is 0. The predicted octanol–water partition coefficient (Wildman–Crippen LogP) is 3.33. The molecule has 1 saturated heterocycles. The average Bonchev–Trinajstić information content (AvgIpc) is 3.30. The van der Waals surface area contributed by atoms with E-state index in [0.717, 1.165) is 38.2 Å². The van der Waals surface area contributed by atoms with Crippen LogP contribution in [0.1, 0.15) is 74.8 Å². The maximum atomic E-state index is 12.2. The van der Waals surface area contributed by atoms with E-state index >= 15 is 0 Å². The molecule has 1 aliphatic rings. The fraction of sp³-hybridized carbons (Fsp3) is 0.667. The highest BCUT2D eigenvalue weighted by Gasteiger charge is 2.27. The molecule has 3 heterocycles. The zero-order valence-electron chi connectivity index (χ0n) is 20.4. The molecule has 2 atom stereocenters. The van der Waals surface area contributed by atoms with Gasteiger partial charge in [0.15, 0.2) is 5.82 Å². The smallest absolute Gasteiger partial charge is 0.324 e. The number of hydrogen-bond acceptors (Lipinski definition) is 8. The van der Waals surface area contributed by atoms with Crippen LogP contribution < -0.4 is 15.0 Å². The van der Waals surface area contributed by atoms with Crippen LogP contribution >= 0.6 is 0 Å². The molecule has 9 heteroatoms. The fourth-order valence-corrected chi connectivity index (χ4v) is 4.04. The van der Waals surface area contributed by atoms with Gasteiger partial charge >= 0.3 is 6.01 Å². The van der Waals surface area contributed by atoms with Crippen LogP contribution in [-0.2, 0) is 0 Å². The maximum absolute atomic E-state index is 12.2. The van der Waals surface area contributed by atoms with Crippen molar-refractivity contribution in [3.8, 4) is 5.88 Å². The Morgan fingerprint density at radius 1 is 1.24 bits per heavy atom. The van der Waals surface area contributed by atoms with Gasteiger partial charge in [-0.2, -0.15) is 4.98 Å². The van der Waals surface area contributed by atoms with Gasteiger partial charge in [0.1, 0.15) is 0 Å². The van der Waals surface area contributed by atoms with Crippen molar-refractivity contribution in [2.75, 3.05) is 31.2 Å². The van der Waals surface area contributed by atoms with E-state index in [1.165, 1.54) is 0 Å². The van der Waals surface area contributed by atoms with Gasteiger partial charge in [0.25, 0.3) is 5.91 Å². The van der Waals surface area contributed by atoms with E-state index in [9.17, 15) is 4.79 Å². The van der Waals surface area contributed by atoms with Gasteiger partial charge in [0.05, 0.1) is 24.5 Å². The number of aromatic nitrogens is 3. The van der Waals surface area contributed by atoms with E-state index in [4.69, 9.17) is 14.4 Å². The van der Waals surface area contributed by atoms with Crippen molar-refractivity contribution in [1.82, 2.24) is 20.4 Å². The van der Waals surface area contributed by atoms with Gasteiger partial charge in [0, 0.05) is 31.1 Å². The first-order valence-corrected chi connectivity index (χ1v) is 11.9. The van der Waals surface area contributed by atoms with Gasteiger partial charge < -0.3 is 24.6 Å². The van der Waals surface area contributed by atoms with Crippen molar-refractivity contribution in [2.24, 2.45) is 11.8 Å². The summed E-state index contributed by atoms with van der Waals surface area (Å²) in [5.41, 5.74) is 1.10. The van der Waals surface area contributed by atoms with Crippen molar-refractivity contribution in [3.63, 3.8) is 0 Å². The lowest BCUT2D eigenvalue weighted by atomic mass is 9.84. The second kappa shape index (κ2) is 11.4. The van der Waals surface area contributed by atoms with E-state index in [-0.39, 0.29) is 24.5 Å². The minimum atomic E-state index is -0.300. The molecule has 0 saturated carbocycles. The van der Waals surface area contributed by atoms with Crippen LogP contribution in [0.25, 0.3) is 0 Å². The number of aliphatic hydroxyl groups excluding tert-OH is 1. The normalized spacial score (nSPS) is 16.6. The van der Waals surface area contributed by atoms with E-state index in [1.807, 2.05) is 0 Å². The summed E-state index contributed by atoms with van der Waals surface area (Å²) in [4.78, 5) is 23.4. The summed E-state index contributed by atoms with van der Waals surface area (Å²) < 4.78 is 11.3. The average molecular weight is 460 g/mol. The van der Waals surface area contributed by atoms with Crippen molar-refractivity contribution < 1.29 is 19.2 Å². The molecule has 33 heavy (non-hydrogen) atoms. The highest BCUT2D eigenvalue weighted by Crippen LogP contribution is 2.29. The standard InChI is InChI=1S/C24H37N5O4/c1-15(2)22-27-24(33-28-22)29-11-8-19(9-12-29)16(3)10-13-32-21-7-6-20(18(5)26-21)23(31)25-17(4)14-30/h6-7,15-17,19,30H,8-14H2,1-5H3,(H,25,31)/t16?,17-/m1/s1. The summed E-state index contributed by atoms with van der Waals surface area (Å²) in [5, 5.41) is 15.9. The quantitative estimate of drug-likeness (QED) is 0.556. The van der Waals surface area contributed by atoms with Crippen LogP contribution in [0.5, 0.6) is 5.88 Å². The third kappa shape index (κ3) is 6.66. The second-order valence-electron chi connectivity index (χ2n) is 9.37. The lowest BCUT2D eigenvalue weighted by Gasteiger charge is -2.33. The number of nitrogens with zero attached hydrogens (tertiary/aromatic N) is 4. The number of aliphatic hydroxyl groups is 1. The summed E-state index contributed by atoms with van der Waals surface area (Å²) in [6.45, 7) is 12.3. The Morgan fingerprint density at radius 2 is 1.97 bits per heavy atom. The topological polar surface area (TPSA) is 114 Å². The number of aryl methyl sites for hydroxylation is 1. The van der Waals surface area contributed by atoms with Crippen molar-refractivity contribution in [3.05, 3.63) is 29.2 Å². The van der Waals surface area contributed by atoms with Crippen LogP contribution in [0.15, 0.2) is 16.7 Å². The Kier molecular flexibility index (Phi) is 8.66. The monoisotopic (exact) mass is 459 g/mol. The van der Waals surface area contributed by atoms with Gasteiger partial charge in [-0.1, -0.05) is 25.9 Å². The first kappa shape index (κ1) is 25.0. The number of carbonyl (C=O) groups is 1. The third-order valence-electron chi connectivity index (χ3n) is 6.34.